The van der Waals surface area contributed by atoms with Gasteiger partial charge in [0.1, 0.15) is 0 Å². The zero-order valence-corrected chi connectivity index (χ0v) is 8.36. The van der Waals surface area contributed by atoms with Crippen molar-refractivity contribution < 1.29 is 17.2 Å². The summed E-state index contributed by atoms with van der Waals surface area (Å²) in [5.74, 6) is -2.85. The summed E-state index contributed by atoms with van der Waals surface area (Å²) in [5, 5.41) is 0. The molecule has 0 aromatic heterocycles. The standard InChI is InChI=1S/C7H12F2N2O2S/c8-7(9)4-11(5-7)14(12,13)6(3-10)1-2-6/h1-5,10H2. The predicted molar refractivity (Wildman–Crippen MR) is 46.5 cm³/mol. The molecule has 1 aliphatic carbocycles. The highest BCUT2D eigenvalue weighted by Gasteiger charge is 2.61. The van der Waals surface area contributed by atoms with Crippen molar-refractivity contribution >= 4 is 10.0 Å². The summed E-state index contributed by atoms with van der Waals surface area (Å²) < 4.78 is 48.4. The summed E-state index contributed by atoms with van der Waals surface area (Å²) in [4.78, 5) is 0. The summed E-state index contributed by atoms with van der Waals surface area (Å²) in [7, 11) is -3.58. The minimum absolute atomic E-state index is 0.0252. The molecule has 1 aliphatic heterocycles. The molecule has 0 bridgehead atoms. The van der Waals surface area contributed by atoms with Crippen LogP contribution in [0, 0.1) is 0 Å². The summed E-state index contributed by atoms with van der Waals surface area (Å²) >= 11 is 0. The molecule has 0 amide bonds. The molecule has 0 aromatic rings. The lowest BCUT2D eigenvalue weighted by molar-refractivity contribution is -0.0949. The van der Waals surface area contributed by atoms with Gasteiger partial charge in [-0.15, -0.1) is 0 Å². The van der Waals surface area contributed by atoms with Gasteiger partial charge < -0.3 is 5.73 Å². The Bertz CT molecular complexity index is 343. The van der Waals surface area contributed by atoms with Crippen molar-refractivity contribution in [3.8, 4) is 0 Å². The predicted octanol–water partition coefficient (Wildman–Crippen LogP) is -0.242. The molecule has 2 N–H and O–H groups in total. The van der Waals surface area contributed by atoms with Crippen molar-refractivity contribution in [3.63, 3.8) is 0 Å². The molecule has 7 heteroatoms. The van der Waals surface area contributed by atoms with Crippen LogP contribution in [-0.4, -0.2) is 43.0 Å². The second kappa shape index (κ2) is 2.65. The Balaban J connectivity index is 2.12. The molecule has 0 radical (unpaired) electrons. The van der Waals surface area contributed by atoms with E-state index in [1.165, 1.54) is 0 Å². The fourth-order valence-electron chi connectivity index (χ4n) is 1.62. The topological polar surface area (TPSA) is 63.4 Å². The minimum Gasteiger partial charge on any atom is -0.329 e. The largest absolute Gasteiger partial charge is 0.329 e. The Hall–Kier alpha value is -0.270. The van der Waals surface area contributed by atoms with Crippen LogP contribution in [-0.2, 0) is 10.0 Å². The second-order valence-electron chi connectivity index (χ2n) is 4.02. The molecule has 0 unspecified atom stereocenters. The maximum atomic E-state index is 12.5. The normalized spacial score (nSPS) is 29.6. The van der Waals surface area contributed by atoms with E-state index in [0.29, 0.717) is 12.8 Å². The molecule has 82 valence electrons. The maximum absolute atomic E-state index is 12.5. The van der Waals surface area contributed by atoms with Crippen LogP contribution < -0.4 is 5.73 Å². The number of nitrogens with two attached hydrogens (primary N) is 1. The molecule has 2 rings (SSSR count). The molecular weight excluding hydrogens is 214 g/mol. The highest BCUT2D eigenvalue weighted by Crippen LogP contribution is 2.46. The molecule has 14 heavy (non-hydrogen) atoms. The molecule has 2 fully saturated rings. The third kappa shape index (κ3) is 1.26. The zero-order chi connectivity index (χ0) is 10.6. The van der Waals surface area contributed by atoms with Crippen LogP contribution >= 0.6 is 0 Å². The van der Waals surface area contributed by atoms with Gasteiger partial charge in [-0.3, -0.25) is 0 Å². The highest BCUT2D eigenvalue weighted by atomic mass is 32.2. The van der Waals surface area contributed by atoms with Crippen LogP contribution in [0.25, 0.3) is 0 Å². The van der Waals surface area contributed by atoms with E-state index >= 15 is 0 Å². The first-order valence-electron chi connectivity index (χ1n) is 4.41. The smallest absolute Gasteiger partial charge is 0.275 e. The van der Waals surface area contributed by atoms with Gasteiger partial charge in [0.2, 0.25) is 10.0 Å². The average Bonchev–Trinajstić information content (AvgIpc) is 2.80. The van der Waals surface area contributed by atoms with E-state index in [4.69, 9.17) is 5.73 Å². The number of alkyl halides is 2. The first kappa shape index (κ1) is 10.3. The first-order valence-corrected chi connectivity index (χ1v) is 5.85. The average molecular weight is 226 g/mol. The lowest BCUT2D eigenvalue weighted by Gasteiger charge is -2.39. The molecule has 0 atom stereocenters. The van der Waals surface area contributed by atoms with Crippen molar-refractivity contribution in [1.82, 2.24) is 4.31 Å². The molecule has 4 nitrogen and oxygen atoms in total. The van der Waals surface area contributed by atoms with Gasteiger partial charge in [-0.25, -0.2) is 17.2 Å². The molecule has 0 aromatic carbocycles. The van der Waals surface area contributed by atoms with Crippen molar-refractivity contribution in [2.45, 2.75) is 23.5 Å². The zero-order valence-electron chi connectivity index (χ0n) is 7.54. The van der Waals surface area contributed by atoms with Gasteiger partial charge >= 0.3 is 0 Å². The summed E-state index contributed by atoms with van der Waals surface area (Å²) in [5.41, 5.74) is 5.35. The van der Waals surface area contributed by atoms with Crippen molar-refractivity contribution in [1.29, 1.82) is 0 Å². The number of halogens is 2. The van der Waals surface area contributed by atoms with Gasteiger partial charge in [-0.05, 0) is 12.8 Å². The van der Waals surface area contributed by atoms with Gasteiger partial charge in [0.05, 0.1) is 17.8 Å². The number of hydrogen-bond acceptors (Lipinski definition) is 3. The van der Waals surface area contributed by atoms with Crippen molar-refractivity contribution in [2.75, 3.05) is 19.6 Å². The Kier molecular flexibility index (Phi) is 1.94. The fourth-order valence-corrected chi connectivity index (χ4v) is 3.71. The number of nitrogens with zero attached hydrogens (tertiary/aromatic N) is 1. The van der Waals surface area contributed by atoms with Gasteiger partial charge in [0.25, 0.3) is 5.92 Å². The maximum Gasteiger partial charge on any atom is 0.275 e. The Morgan fingerprint density at radius 1 is 1.29 bits per heavy atom. The van der Waals surface area contributed by atoms with Crippen molar-refractivity contribution in [2.24, 2.45) is 5.73 Å². The van der Waals surface area contributed by atoms with Crippen LogP contribution in [0.2, 0.25) is 0 Å². The number of hydrogen-bond donors (Lipinski definition) is 1. The molecule has 2 aliphatic rings. The van der Waals surface area contributed by atoms with Crippen LogP contribution in [0.3, 0.4) is 0 Å². The van der Waals surface area contributed by atoms with Gasteiger partial charge in [-0.2, -0.15) is 4.31 Å². The number of rotatable bonds is 3. The van der Waals surface area contributed by atoms with E-state index in [0.717, 1.165) is 4.31 Å². The SMILES string of the molecule is NCC1(S(=O)(=O)N2CC(F)(F)C2)CC1. The van der Waals surface area contributed by atoms with Gasteiger partial charge in [0, 0.05) is 6.54 Å². The molecule has 1 saturated heterocycles. The van der Waals surface area contributed by atoms with Crippen molar-refractivity contribution in [3.05, 3.63) is 0 Å². The van der Waals surface area contributed by atoms with E-state index in [1.807, 2.05) is 0 Å². The fraction of sp³-hybridized carbons (Fsp3) is 1.00. The van der Waals surface area contributed by atoms with E-state index < -0.39 is 33.8 Å². The molecule has 1 heterocycles. The summed E-state index contributed by atoms with van der Waals surface area (Å²) in [6.45, 7) is -1.34. The number of sulfonamides is 1. The quantitative estimate of drug-likeness (QED) is 0.722. The lowest BCUT2D eigenvalue weighted by Crippen LogP contribution is -2.61. The molecular formula is C7H12F2N2O2S. The first-order chi connectivity index (χ1) is 6.33. The van der Waals surface area contributed by atoms with E-state index in [1.54, 1.807) is 0 Å². The van der Waals surface area contributed by atoms with E-state index in [2.05, 4.69) is 0 Å². The Labute approximate surface area is 81.1 Å². The third-order valence-corrected chi connectivity index (χ3v) is 5.49. The van der Waals surface area contributed by atoms with Gasteiger partial charge in [0.15, 0.2) is 0 Å². The summed E-state index contributed by atoms with van der Waals surface area (Å²) in [6.07, 6.45) is 0.988. The summed E-state index contributed by atoms with van der Waals surface area (Å²) in [6, 6.07) is 0. The molecule has 0 spiro atoms. The minimum atomic E-state index is -3.58. The molecule has 1 saturated carbocycles. The van der Waals surface area contributed by atoms with E-state index in [-0.39, 0.29) is 6.54 Å². The highest BCUT2D eigenvalue weighted by molar-refractivity contribution is 7.90. The van der Waals surface area contributed by atoms with Crippen LogP contribution in [0.5, 0.6) is 0 Å². The lowest BCUT2D eigenvalue weighted by atomic mass is 10.2. The van der Waals surface area contributed by atoms with Crippen LogP contribution in [0.15, 0.2) is 0 Å². The van der Waals surface area contributed by atoms with Crippen LogP contribution in [0.1, 0.15) is 12.8 Å². The Morgan fingerprint density at radius 3 is 2.07 bits per heavy atom. The van der Waals surface area contributed by atoms with Gasteiger partial charge in [-0.1, -0.05) is 0 Å². The third-order valence-electron chi connectivity index (χ3n) is 2.88. The monoisotopic (exact) mass is 226 g/mol. The Morgan fingerprint density at radius 2 is 1.79 bits per heavy atom. The van der Waals surface area contributed by atoms with E-state index in [9.17, 15) is 17.2 Å². The second-order valence-corrected chi connectivity index (χ2v) is 6.35. The van der Waals surface area contributed by atoms with Crippen LogP contribution in [0.4, 0.5) is 8.78 Å².